The van der Waals surface area contributed by atoms with Gasteiger partial charge in [-0.25, -0.2) is 0 Å². The van der Waals surface area contributed by atoms with E-state index in [1.807, 2.05) is 103 Å². The normalized spacial score (nSPS) is 11.3. The van der Waals surface area contributed by atoms with Gasteiger partial charge in [-0.3, -0.25) is 9.59 Å². The zero-order valence-corrected chi connectivity index (χ0v) is 19.8. The van der Waals surface area contributed by atoms with Gasteiger partial charge in [0.05, 0.1) is 12.3 Å². The molecule has 0 fully saturated rings. The molecule has 0 spiro atoms. The second-order valence-electron chi connectivity index (χ2n) is 8.19. The highest BCUT2D eigenvalue weighted by atomic mass is 16.5. The second-order valence-corrected chi connectivity index (χ2v) is 8.19. The lowest BCUT2D eigenvalue weighted by atomic mass is 10.0. The molecule has 0 aliphatic carbocycles. The summed E-state index contributed by atoms with van der Waals surface area (Å²) >= 11 is 0. The van der Waals surface area contributed by atoms with Gasteiger partial charge in [0.15, 0.2) is 5.75 Å². The SMILES string of the molecule is O=C(COCc1ccccc1)NC(Cc1ccccc1)C(=O)Nc1ccccc1Oc1ccccc1. The predicted molar refractivity (Wildman–Crippen MR) is 140 cm³/mol. The zero-order chi connectivity index (χ0) is 25.0. The van der Waals surface area contributed by atoms with Crippen LogP contribution in [-0.2, 0) is 27.4 Å². The molecule has 0 aromatic heterocycles. The minimum atomic E-state index is -0.801. The molecule has 0 bridgehead atoms. The number of carbonyl (C=O) groups is 2. The summed E-state index contributed by atoms with van der Waals surface area (Å²) in [7, 11) is 0. The number of amides is 2. The van der Waals surface area contributed by atoms with Crippen LogP contribution in [0.5, 0.6) is 11.5 Å². The number of anilines is 1. The molecule has 182 valence electrons. The van der Waals surface area contributed by atoms with E-state index in [0.29, 0.717) is 30.2 Å². The quantitative estimate of drug-likeness (QED) is 0.303. The van der Waals surface area contributed by atoms with Crippen LogP contribution >= 0.6 is 0 Å². The number of nitrogens with one attached hydrogen (secondary N) is 2. The first-order chi connectivity index (χ1) is 17.7. The maximum absolute atomic E-state index is 13.3. The number of para-hydroxylation sites is 3. The number of carbonyl (C=O) groups excluding carboxylic acids is 2. The van der Waals surface area contributed by atoms with E-state index in [-0.39, 0.29) is 18.4 Å². The molecular formula is C30H28N2O4. The van der Waals surface area contributed by atoms with E-state index in [1.54, 1.807) is 12.1 Å². The Morgan fingerprint density at radius 2 is 1.28 bits per heavy atom. The number of hydrogen-bond acceptors (Lipinski definition) is 4. The minimum absolute atomic E-state index is 0.152. The molecule has 0 saturated heterocycles. The van der Waals surface area contributed by atoms with Crippen molar-refractivity contribution >= 4 is 17.5 Å². The largest absolute Gasteiger partial charge is 0.455 e. The highest BCUT2D eigenvalue weighted by molar-refractivity contribution is 5.98. The fourth-order valence-electron chi connectivity index (χ4n) is 3.63. The third-order valence-corrected chi connectivity index (χ3v) is 5.40. The fourth-order valence-corrected chi connectivity index (χ4v) is 3.63. The minimum Gasteiger partial charge on any atom is -0.455 e. The summed E-state index contributed by atoms with van der Waals surface area (Å²) in [5.41, 5.74) is 2.41. The van der Waals surface area contributed by atoms with Gasteiger partial charge in [-0.2, -0.15) is 0 Å². The van der Waals surface area contributed by atoms with Gasteiger partial charge in [-0.05, 0) is 35.4 Å². The van der Waals surface area contributed by atoms with Gasteiger partial charge in [-0.1, -0.05) is 91.0 Å². The number of rotatable bonds is 11. The van der Waals surface area contributed by atoms with Crippen molar-refractivity contribution in [3.05, 3.63) is 126 Å². The lowest BCUT2D eigenvalue weighted by Crippen LogP contribution is -2.46. The molecule has 2 N–H and O–H groups in total. The molecule has 0 radical (unpaired) electrons. The first-order valence-electron chi connectivity index (χ1n) is 11.7. The standard InChI is InChI=1S/C30H28N2O4/c33-29(22-35-21-24-14-6-2-7-15-24)31-27(20-23-12-4-1-5-13-23)30(34)32-26-18-10-11-19-28(26)36-25-16-8-3-9-17-25/h1-19,27H,20-22H2,(H,31,33)(H,32,34). The van der Waals surface area contributed by atoms with Crippen LogP contribution in [0.25, 0.3) is 0 Å². The summed E-state index contributed by atoms with van der Waals surface area (Å²) in [6.45, 7) is 0.162. The summed E-state index contributed by atoms with van der Waals surface area (Å²) < 4.78 is 11.5. The third kappa shape index (κ3) is 7.55. The lowest BCUT2D eigenvalue weighted by molar-refractivity contribution is -0.130. The first-order valence-corrected chi connectivity index (χ1v) is 11.7. The Morgan fingerprint density at radius 1 is 0.694 bits per heavy atom. The van der Waals surface area contributed by atoms with Crippen molar-refractivity contribution in [3.63, 3.8) is 0 Å². The second kappa shape index (κ2) is 12.9. The fraction of sp³-hybridized carbons (Fsp3) is 0.133. The first kappa shape index (κ1) is 24.7. The summed E-state index contributed by atoms with van der Waals surface area (Å²) in [4.78, 5) is 26.0. The Labute approximate surface area is 210 Å². The van der Waals surface area contributed by atoms with Gasteiger partial charge in [-0.15, -0.1) is 0 Å². The van der Waals surface area contributed by atoms with Crippen molar-refractivity contribution < 1.29 is 19.1 Å². The van der Waals surface area contributed by atoms with Crippen molar-refractivity contribution in [2.45, 2.75) is 19.1 Å². The average Bonchev–Trinajstić information content (AvgIpc) is 2.91. The molecule has 1 unspecified atom stereocenters. The molecule has 0 aliphatic rings. The molecule has 4 aromatic carbocycles. The summed E-state index contributed by atoms with van der Waals surface area (Å²) in [5, 5.41) is 5.74. The van der Waals surface area contributed by atoms with Gasteiger partial charge in [0.25, 0.3) is 0 Å². The van der Waals surface area contributed by atoms with Crippen molar-refractivity contribution in [1.29, 1.82) is 0 Å². The van der Waals surface area contributed by atoms with Crippen LogP contribution in [0.3, 0.4) is 0 Å². The molecule has 4 aromatic rings. The monoisotopic (exact) mass is 480 g/mol. The lowest BCUT2D eigenvalue weighted by Gasteiger charge is -2.20. The van der Waals surface area contributed by atoms with Gasteiger partial charge in [0.1, 0.15) is 18.4 Å². The van der Waals surface area contributed by atoms with Crippen LogP contribution in [0, 0.1) is 0 Å². The summed E-state index contributed by atoms with van der Waals surface area (Å²) in [6.07, 6.45) is 0.332. The van der Waals surface area contributed by atoms with Crippen LogP contribution < -0.4 is 15.4 Å². The Bertz CT molecular complexity index is 1250. The zero-order valence-electron chi connectivity index (χ0n) is 19.8. The maximum Gasteiger partial charge on any atom is 0.247 e. The third-order valence-electron chi connectivity index (χ3n) is 5.40. The Balaban J connectivity index is 1.43. The van der Waals surface area contributed by atoms with Crippen LogP contribution in [0.2, 0.25) is 0 Å². The van der Waals surface area contributed by atoms with Crippen molar-refractivity contribution in [3.8, 4) is 11.5 Å². The van der Waals surface area contributed by atoms with Crippen molar-refractivity contribution in [2.75, 3.05) is 11.9 Å². The highest BCUT2D eigenvalue weighted by Gasteiger charge is 2.22. The highest BCUT2D eigenvalue weighted by Crippen LogP contribution is 2.29. The molecule has 0 heterocycles. The van der Waals surface area contributed by atoms with E-state index in [0.717, 1.165) is 11.1 Å². The smallest absolute Gasteiger partial charge is 0.247 e. The molecule has 6 nitrogen and oxygen atoms in total. The number of benzene rings is 4. The topological polar surface area (TPSA) is 76.7 Å². The van der Waals surface area contributed by atoms with Gasteiger partial charge < -0.3 is 20.1 Å². The van der Waals surface area contributed by atoms with E-state index in [9.17, 15) is 9.59 Å². The van der Waals surface area contributed by atoms with E-state index in [2.05, 4.69) is 10.6 Å². The van der Waals surface area contributed by atoms with Gasteiger partial charge >= 0.3 is 0 Å². The molecule has 0 aliphatic heterocycles. The van der Waals surface area contributed by atoms with Gasteiger partial charge in [0.2, 0.25) is 11.8 Å². The van der Waals surface area contributed by atoms with Crippen molar-refractivity contribution in [1.82, 2.24) is 5.32 Å². The van der Waals surface area contributed by atoms with Gasteiger partial charge in [0, 0.05) is 6.42 Å². The molecule has 1 atom stereocenters. The Kier molecular flexibility index (Phi) is 8.84. The van der Waals surface area contributed by atoms with E-state index in [4.69, 9.17) is 9.47 Å². The van der Waals surface area contributed by atoms with E-state index < -0.39 is 6.04 Å². The molecule has 36 heavy (non-hydrogen) atoms. The van der Waals surface area contributed by atoms with E-state index in [1.165, 1.54) is 0 Å². The Hall–Kier alpha value is -4.42. The predicted octanol–water partition coefficient (Wildman–Crippen LogP) is 5.36. The summed E-state index contributed by atoms with van der Waals surface area (Å²) in [5.74, 6) is 0.451. The van der Waals surface area contributed by atoms with Crippen LogP contribution in [0.1, 0.15) is 11.1 Å². The molecule has 6 heteroatoms. The molecule has 0 saturated carbocycles. The molecule has 2 amide bonds. The van der Waals surface area contributed by atoms with Crippen LogP contribution in [0.15, 0.2) is 115 Å². The number of ether oxygens (including phenoxy) is 2. The number of hydrogen-bond donors (Lipinski definition) is 2. The average molecular weight is 481 g/mol. The van der Waals surface area contributed by atoms with Crippen LogP contribution in [0.4, 0.5) is 5.69 Å². The Morgan fingerprint density at radius 3 is 1.97 bits per heavy atom. The molecular weight excluding hydrogens is 452 g/mol. The van der Waals surface area contributed by atoms with E-state index >= 15 is 0 Å². The van der Waals surface area contributed by atoms with Crippen LogP contribution in [-0.4, -0.2) is 24.5 Å². The maximum atomic E-state index is 13.3. The summed E-state index contributed by atoms with van der Waals surface area (Å²) in [6, 6.07) is 34.9. The van der Waals surface area contributed by atoms with Crippen molar-refractivity contribution in [2.24, 2.45) is 0 Å². The molecule has 4 rings (SSSR count).